The zero-order valence-electron chi connectivity index (χ0n) is 11.4. The number of nitrogens with zero attached hydrogens (tertiary/aromatic N) is 1. The normalized spacial score (nSPS) is 20.2. The van der Waals surface area contributed by atoms with E-state index >= 15 is 0 Å². The Balaban J connectivity index is 2.13. The van der Waals surface area contributed by atoms with Gasteiger partial charge in [-0.1, -0.05) is 0 Å². The monoisotopic (exact) mass is 302 g/mol. The molecule has 20 heavy (non-hydrogen) atoms. The van der Waals surface area contributed by atoms with Gasteiger partial charge in [0.25, 0.3) is 0 Å². The van der Waals surface area contributed by atoms with Gasteiger partial charge in [-0.2, -0.15) is 0 Å². The van der Waals surface area contributed by atoms with Crippen molar-refractivity contribution in [1.29, 1.82) is 0 Å². The molecular formula is C13H19FN2O3S. The number of hydrogen-bond donors (Lipinski definition) is 1. The van der Waals surface area contributed by atoms with Crippen molar-refractivity contribution in [2.24, 2.45) is 5.92 Å². The van der Waals surface area contributed by atoms with Gasteiger partial charge >= 0.3 is 0 Å². The van der Waals surface area contributed by atoms with E-state index in [1.807, 2.05) is 0 Å². The fourth-order valence-corrected chi connectivity index (χ4v) is 3.52. The van der Waals surface area contributed by atoms with Crippen LogP contribution >= 0.6 is 0 Å². The first-order valence-corrected chi connectivity index (χ1v) is 7.94. The highest BCUT2D eigenvalue weighted by Crippen LogP contribution is 2.22. The van der Waals surface area contributed by atoms with Crippen LogP contribution in [0.15, 0.2) is 23.1 Å². The van der Waals surface area contributed by atoms with Crippen LogP contribution in [0, 0.1) is 11.7 Å². The van der Waals surface area contributed by atoms with E-state index in [4.69, 9.17) is 10.5 Å². The molecule has 0 saturated carbocycles. The summed E-state index contributed by atoms with van der Waals surface area (Å²) in [6, 6.07) is 3.54. The van der Waals surface area contributed by atoms with Crippen molar-refractivity contribution >= 4 is 15.7 Å². The van der Waals surface area contributed by atoms with Crippen LogP contribution in [0.25, 0.3) is 0 Å². The molecule has 1 aliphatic rings. The van der Waals surface area contributed by atoms with Crippen molar-refractivity contribution in [2.45, 2.75) is 17.7 Å². The van der Waals surface area contributed by atoms with Gasteiger partial charge in [0.1, 0.15) is 5.82 Å². The van der Waals surface area contributed by atoms with Crippen LogP contribution in [-0.2, 0) is 14.8 Å². The molecule has 1 unspecified atom stereocenters. The van der Waals surface area contributed by atoms with Crippen LogP contribution in [0.2, 0.25) is 0 Å². The molecule has 1 atom stereocenters. The highest BCUT2D eigenvalue weighted by atomic mass is 32.2. The molecular weight excluding hydrogens is 283 g/mol. The van der Waals surface area contributed by atoms with Crippen LogP contribution in [-0.4, -0.2) is 39.5 Å². The third-order valence-corrected chi connectivity index (χ3v) is 5.27. The standard InChI is InChI=1S/C13H19FN2O3S/c1-16(8-10-3-2-6-19-9-10)20(17,18)11-4-5-13(15)12(14)7-11/h4-5,7,10H,2-3,6,8-9,15H2,1H3. The lowest BCUT2D eigenvalue weighted by Crippen LogP contribution is -2.35. The fraction of sp³-hybridized carbons (Fsp3) is 0.538. The van der Waals surface area contributed by atoms with Gasteiger partial charge in [-0.3, -0.25) is 0 Å². The highest BCUT2D eigenvalue weighted by Gasteiger charge is 2.25. The third-order valence-electron chi connectivity index (χ3n) is 3.45. The lowest BCUT2D eigenvalue weighted by molar-refractivity contribution is 0.0495. The van der Waals surface area contributed by atoms with Gasteiger partial charge in [0.2, 0.25) is 10.0 Å². The molecule has 0 radical (unpaired) electrons. The lowest BCUT2D eigenvalue weighted by Gasteiger charge is -2.26. The van der Waals surface area contributed by atoms with E-state index < -0.39 is 15.8 Å². The van der Waals surface area contributed by atoms with E-state index in [9.17, 15) is 12.8 Å². The predicted molar refractivity (Wildman–Crippen MR) is 74.2 cm³/mol. The topological polar surface area (TPSA) is 72.6 Å². The number of benzene rings is 1. The largest absolute Gasteiger partial charge is 0.396 e. The van der Waals surface area contributed by atoms with Crippen LogP contribution < -0.4 is 5.73 Å². The molecule has 1 aliphatic heterocycles. The average Bonchev–Trinajstić information content (AvgIpc) is 2.42. The van der Waals surface area contributed by atoms with E-state index in [2.05, 4.69) is 0 Å². The second-order valence-electron chi connectivity index (χ2n) is 5.05. The summed E-state index contributed by atoms with van der Waals surface area (Å²) in [5, 5.41) is 0. The fourth-order valence-electron chi connectivity index (χ4n) is 2.26. The number of nitrogens with two attached hydrogens (primary N) is 1. The molecule has 2 rings (SSSR count). The molecule has 112 valence electrons. The maximum atomic E-state index is 13.4. The van der Waals surface area contributed by atoms with Gasteiger partial charge in [0.05, 0.1) is 17.2 Å². The number of anilines is 1. The van der Waals surface area contributed by atoms with Crippen LogP contribution in [0.5, 0.6) is 0 Å². The molecule has 0 spiro atoms. The summed E-state index contributed by atoms with van der Waals surface area (Å²) < 4.78 is 44.7. The van der Waals surface area contributed by atoms with E-state index in [0.29, 0.717) is 13.2 Å². The number of hydrogen-bond acceptors (Lipinski definition) is 4. The van der Waals surface area contributed by atoms with Crippen molar-refractivity contribution in [3.05, 3.63) is 24.0 Å². The van der Waals surface area contributed by atoms with Crippen LogP contribution in [0.3, 0.4) is 0 Å². The van der Waals surface area contributed by atoms with Crippen LogP contribution in [0.4, 0.5) is 10.1 Å². The van der Waals surface area contributed by atoms with Crippen molar-refractivity contribution in [1.82, 2.24) is 4.31 Å². The van der Waals surface area contributed by atoms with Crippen LogP contribution in [0.1, 0.15) is 12.8 Å². The molecule has 0 bridgehead atoms. The number of halogens is 1. The summed E-state index contributed by atoms with van der Waals surface area (Å²) in [6.45, 7) is 1.67. The van der Waals surface area contributed by atoms with Crippen molar-refractivity contribution in [2.75, 3.05) is 32.5 Å². The highest BCUT2D eigenvalue weighted by molar-refractivity contribution is 7.89. The molecule has 7 heteroatoms. The van der Waals surface area contributed by atoms with E-state index in [1.54, 1.807) is 0 Å². The molecule has 0 aliphatic carbocycles. The summed E-state index contributed by atoms with van der Waals surface area (Å²) >= 11 is 0. The van der Waals surface area contributed by atoms with Gasteiger partial charge in [-0.15, -0.1) is 0 Å². The minimum absolute atomic E-state index is 0.0627. The van der Waals surface area contributed by atoms with E-state index in [-0.39, 0.29) is 16.5 Å². The Hall–Kier alpha value is -1.18. The van der Waals surface area contributed by atoms with Crippen molar-refractivity contribution in [3.63, 3.8) is 0 Å². The van der Waals surface area contributed by atoms with Gasteiger partial charge in [0, 0.05) is 20.2 Å². The Bertz CT molecular complexity index is 571. The second kappa shape index (κ2) is 6.07. The molecule has 1 saturated heterocycles. The first-order chi connectivity index (χ1) is 9.41. The second-order valence-corrected chi connectivity index (χ2v) is 7.10. The number of rotatable bonds is 4. The minimum Gasteiger partial charge on any atom is -0.396 e. The SMILES string of the molecule is CN(CC1CCCOC1)S(=O)(=O)c1ccc(N)c(F)c1. The molecule has 1 aromatic rings. The van der Waals surface area contributed by atoms with Crippen molar-refractivity contribution in [3.8, 4) is 0 Å². The molecule has 0 aromatic heterocycles. The molecule has 1 fully saturated rings. The van der Waals surface area contributed by atoms with Gasteiger partial charge in [-0.05, 0) is 37.0 Å². The third kappa shape index (κ3) is 3.28. The summed E-state index contributed by atoms with van der Waals surface area (Å²) in [5.74, 6) is -0.539. The van der Waals surface area contributed by atoms with Gasteiger partial charge in [0.15, 0.2) is 0 Å². The number of nitrogen functional groups attached to an aromatic ring is 1. The van der Waals surface area contributed by atoms with Gasteiger partial charge < -0.3 is 10.5 Å². The smallest absolute Gasteiger partial charge is 0.242 e. The summed E-state index contributed by atoms with van der Waals surface area (Å²) in [5.41, 5.74) is 5.29. The summed E-state index contributed by atoms with van der Waals surface area (Å²) in [6.07, 6.45) is 1.88. The van der Waals surface area contributed by atoms with Gasteiger partial charge in [-0.25, -0.2) is 17.1 Å². The first-order valence-electron chi connectivity index (χ1n) is 6.50. The molecule has 1 aromatic carbocycles. The zero-order chi connectivity index (χ0) is 14.8. The number of ether oxygens (including phenoxy) is 1. The maximum Gasteiger partial charge on any atom is 0.242 e. The molecule has 0 amide bonds. The molecule has 2 N–H and O–H groups in total. The Morgan fingerprint density at radius 1 is 1.50 bits per heavy atom. The maximum absolute atomic E-state index is 13.4. The molecule has 1 heterocycles. The predicted octanol–water partition coefficient (Wildman–Crippen LogP) is 1.45. The molecule has 5 nitrogen and oxygen atoms in total. The Labute approximate surface area is 118 Å². The summed E-state index contributed by atoms with van der Waals surface area (Å²) in [4.78, 5) is -0.0802. The quantitative estimate of drug-likeness (QED) is 0.855. The Morgan fingerprint density at radius 2 is 2.25 bits per heavy atom. The van der Waals surface area contributed by atoms with E-state index in [0.717, 1.165) is 25.5 Å². The number of sulfonamides is 1. The zero-order valence-corrected chi connectivity index (χ0v) is 12.2. The van der Waals surface area contributed by atoms with E-state index in [1.165, 1.54) is 23.5 Å². The first kappa shape index (κ1) is 15.2. The Morgan fingerprint density at radius 3 is 2.85 bits per heavy atom. The van der Waals surface area contributed by atoms with Crippen molar-refractivity contribution < 1.29 is 17.5 Å². The Kier molecular flexibility index (Phi) is 4.62. The average molecular weight is 302 g/mol. The minimum atomic E-state index is -3.70. The summed E-state index contributed by atoms with van der Waals surface area (Å²) in [7, 11) is -2.20. The lowest BCUT2D eigenvalue weighted by atomic mass is 10.0.